The van der Waals surface area contributed by atoms with Gasteiger partial charge >= 0.3 is 0 Å². The van der Waals surface area contributed by atoms with Crippen LogP contribution in [0.4, 0.5) is 17.1 Å². The molecular formula is C43H37N. The van der Waals surface area contributed by atoms with Crippen molar-refractivity contribution < 1.29 is 0 Å². The van der Waals surface area contributed by atoms with Crippen molar-refractivity contribution in [3.05, 3.63) is 210 Å². The molecule has 0 fully saturated rings. The normalized spacial score (nSPS) is 12.1. The lowest BCUT2D eigenvalue weighted by molar-refractivity contribution is 1.25. The lowest BCUT2D eigenvalue weighted by Crippen LogP contribution is -2.11. The minimum Gasteiger partial charge on any atom is -0.310 e. The number of rotatable bonds is 11. The maximum absolute atomic E-state index is 2.32. The Morgan fingerprint density at radius 1 is 0.341 bits per heavy atom. The second kappa shape index (κ2) is 16.1. The lowest BCUT2D eigenvalue weighted by Gasteiger charge is -2.27. The van der Waals surface area contributed by atoms with Crippen molar-refractivity contribution in [2.75, 3.05) is 4.90 Å². The molecule has 1 heteroatoms. The zero-order valence-electron chi connectivity index (χ0n) is 25.1. The molecule has 5 aromatic carbocycles. The Kier molecular flexibility index (Phi) is 10.9. The van der Waals surface area contributed by atoms with Crippen LogP contribution in [0.15, 0.2) is 182 Å². The molecule has 0 saturated carbocycles. The number of nitrogens with zero attached hydrogens (tertiary/aromatic N) is 1. The van der Waals surface area contributed by atoms with Crippen molar-refractivity contribution in [1.29, 1.82) is 0 Å². The number of para-hydroxylation sites is 1. The molecule has 0 atom stereocenters. The average Bonchev–Trinajstić information content (AvgIpc) is 3.07. The average molecular weight is 568 g/mol. The molecule has 0 aromatic heterocycles. The van der Waals surface area contributed by atoms with Gasteiger partial charge in [-0.1, -0.05) is 176 Å². The van der Waals surface area contributed by atoms with E-state index in [1.54, 1.807) is 0 Å². The van der Waals surface area contributed by atoms with Gasteiger partial charge < -0.3 is 4.90 Å². The second-order valence-electron chi connectivity index (χ2n) is 10.3. The summed E-state index contributed by atoms with van der Waals surface area (Å²) in [5.41, 5.74) is 9.33. The number of hydrogen-bond acceptors (Lipinski definition) is 1. The van der Waals surface area contributed by atoms with Crippen molar-refractivity contribution in [2.24, 2.45) is 0 Å². The Morgan fingerprint density at radius 3 is 1.07 bits per heavy atom. The first kappa shape index (κ1) is 29.8. The molecule has 5 rings (SSSR count). The fourth-order valence-corrected chi connectivity index (χ4v) is 4.76. The highest BCUT2D eigenvalue weighted by atomic mass is 15.1. The van der Waals surface area contributed by atoms with E-state index in [4.69, 9.17) is 0 Å². The first-order chi connectivity index (χ1) is 21.8. The molecule has 0 saturated heterocycles. The zero-order valence-corrected chi connectivity index (χ0v) is 25.1. The molecule has 0 aliphatic heterocycles. The number of benzene rings is 5. The van der Waals surface area contributed by atoms with E-state index in [0.29, 0.717) is 0 Å². The van der Waals surface area contributed by atoms with Gasteiger partial charge in [-0.05, 0) is 65.1 Å². The van der Waals surface area contributed by atoms with Crippen LogP contribution < -0.4 is 4.90 Å². The summed E-state index contributed by atoms with van der Waals surface area (Å²) in [7, 11) is 0. The third kappa shape index (κ3) is 8.92. The van der Waals surface area contributed by atoms with Crippen LogP contribution in [0.1, 0.15) is 27.8 Å². The number of aryl methyl sites for hydroxylation is 1. The third-order valence-corrected chi connectivity index (χ3v) is 7.08. The Hall–Kier alpha value is -5.66. The maximum atomic E-state index is 2.32. The summed E-state index contributed by atoms with van der Waals surface area (Å²) in [6, 6.07) is 46.6. The quantitative estimate of drug-likeness (QED) is 0.143. The van der Waals surface area contributed by atoms with Gasteiger partial charge in [-0.3, -0.25) is 0 Å². The standard InChI is InChI=1S/C43H37N/c1-36-18-16-17-27-43(36)44(41-32-28-39(29-33-41)25-10-4-2-8-19-37-21-12-6-13-22-37)42-34-30-40(31-35-42)26-11-5-3-9-20-38-23-14-7-15-24-38/h2-35H,1H3/b4-2+,5-3+,19-8+,20-9+,25-10+,26-11+. The maximum Gasteiger partial charge on any atom is 0.0490 e. The molecule has 0 aliphatic rings. The van der Waals surface area contributed by atoms with E-state index >= 15 is 0 Å². The topological polar surface area (TPSA) is 3.24 Å². The van der Waals surface area contributed by atoms with E-state index in [1.807, 2.05) is 36.4 Å². The summed E-state index contributed by atoms with van der Waals surface area (Å²) in [6.45, 7) is 2.16. The van der Waals surface area contributed by atoms with E-state index < -0.39 is 0 Å². The largest absolute Gasteiger partial charge is 0.310 e. The Labute approximate surface area is 262 Å². The van der Waals surface area contributed by atoms with Crippen LogP contribution in [0.25, 0.3) is 24.3 Å². The summed E-state index contributed by atoms with van der Waals surface area (Å²) in [5, 5.41) is 0. The van der Waals surface area contributed by atoms with Crippen molar-refractivity contribution in [3.8, 4) is 0 Å². The van der Waals surface area contributed by atoms with Gasteiger partial charge in [0, 0.05) is 17.1 Å². The van der Waals surface area contributed by atoms with Crippen LogP contribution in [0.2, 0.25) is 0 Å². The van der Waals surface area contributed by atoms with Crippen LogP contribution in [0.3, 0.4) is 0 Å². The number of allylic oxidation sites excluding steroid dienone is 8. The molecular weight excluding hydrogens is 530 g/mol. The molecule has 0 heterocycles. The van der Waals surface area contributed by atoms with E-state index in [-0.39, 0.29) is 0 Å². The summed E-state index contributed by atoms with van der Waals surface area (Å²) >= 11 is 0. The molecule has 0 amide bonds. The van der Waals surface area contributed by atoms with Crippen molar-refractivity contribution in [1.82, 2.24) is 0 Å². The van der Waals surface area contributed by atoms with Gasteiger partial charge in [0.2, 0.25) is 0 Å². The Bertz CT molecular complexity index is 1650. The van der Waals surface area contributed by atoms with Crippen LogP contribution in [0.5, 0.6) is 0 Å². The van der Waals surface area contributed by atoms with E-state index in [9.17, 15) is 0 Å². The van der Waals surface area contributed by atoms with Crippen molar-refractivity contribution >= 4 is 41.4 Å². The number of hydrogen-bond donors (Lipinski definition) is 0. The fourth-order valence-electron chi connectivity index (χ4n) is 4.76. The van der Waals surface area contributed by atoms with Gasteiger partial charge in [-0.15, -0.1) is 0 Å². The molecule has 0 radical (unpaired) electrons. The Morgan fingerprint density at radius 2 is 0.682 bits per heavy atom. The van der Waals surface area contributed by atoms with Gasteiger partial charge in [-0.2, -0.15) is 0 Å². The molecule has 0 spiro atoms. The SMILES string of the molecule is Cc1ccccc1N(c1ccc(/C=C/C=C/C=C/c2ccccc2)cc1)c1ccc(/C=C/C=C/C=C/c2ccccc2)cc1. The number of anilines is 3. The first-order valence-electron chi connectivity index (χ1n) is 15.0. The monoisotopic (exact) mass is 567 g/mol. The minimum absolute atomic E-state index is 1.12. The molecule has 5 aromatic rings. The lowest BCUT2D eigenvalue weighted by atomic mass is 10.1. The van der Waals surface area contributed by atoms with Gasteiger partial charge in [0.25, 0.3) is 0 Å². The van der Waals surface area contributed by atoms with Gasteiger partial charge in [-0.25, -0.2) is 0 Å². The van der Waals surface area contributed by atoms with Gasteiger partial charge in [0.05, 0.1) is 0 Å². The van der Waals surface area contributed by atoms with E-state index in [0.717, 1.165) is 22.5 Å². The molecule has 0 unspecified atom stereocenters. The molecule has 44 heavy (non-hydrogen) atoms. The highest BCUT2D eigenvalue weighted by molar-refractivity contribution is 5.79. The predicted octanol–water partition coefficient (Wildman–Crippen LogP) is 12.0. The van der Waals surface area contributed by atoms with E-state index in [2.05, 4.69) is 182 Å². The summed E-state index contributed by atoms with van der Waals surface area (Å²) in [6.07, 6.45) is 24.9. The molecule has 0 aliphatic carbocycles. The molecule has 1 nitrogen and oxygen atoms in total. The zero-order chi connectivity index (χ0) is 30.2. The van der Waals surface area contributed by atoms with Crippen LogP contribution in [0, 0.1) is 6.92 Å². The van der Waals surface area contributed by atoms with Crippen molar-refractivity contribution in [2.45, 2.75) is 6.92 Å². The fraction of sp³-hybridized carbons (Fsp3) is 0.0233. The Balaban J connectivity index is 1.27. The third-order valence-electron chi connectivity index (χ3n) is 7.08. The predicted molar refractivity (Wildman–Crippen MR) is 193 cm³/mol. The van der Waals surface area contributed by atoms with Crippen LogP contribution in [-0.4, -0.2) is 0 Å². The second-order valence-corrected chi connectivity index (χ2v) is 10.3. The van der Waals surface area contributed by atoms with Crippen molar-refractivity contribution in [3.63, 3.8) is 0 Å². The van der Waals surface area contributed by atoms with Crippen LogP contribution in [-0.2, 0) is 0 Å². The minimum atomic E-state index is 1.12. The summed E-state index contributed by atoms with van der Waals surface area (Å²) in [5.74, 6) is 0. The van der Waals surface area contributed by atoms with Gasteiger partial charge in [0.15, 0.2) is 0 Å². The first-order valence-corrected chi connectivity index (χ1v) is 15.0. The van der Waals surface area contributed by atoms with Gasteiger partial charge in [0.1, 0.15) is 0 Å². The summed E-state index contributed by atoms with van der Waals surface area (Å²) < 4.78 is 0. The highest BCUT2D eigenvalue weighted by Crippen LogP contribution is 2.36. The highest BCUT2D eigenvalue weighted by Gasteiger charge is 2.14. The van der Waals surface area contributed by atoms with Crippen LogP contribution >= 0.6 is 0 Å². The van der Waals surface area contributed by atoms with E-state index in [1.165, 1.54) is 22.4 Å². The molecule has 0 N–H and O–H groups in total. The smallest absolute Gasteiger partial charge is 0.0490 e. The molecule has 214 valence electrons. The molecule has 0 bridgehead atoms. The summed E-state index contributed by atoms with van der Waals surface area (Å²) in [4.78, 5) is 2.32.